The standard InChI is InChI=1S/C12H10ClN3O3/c1-16-6-14-5-9(16)11(17)15-10-7(12(18)19)3-2-4-8(10)13/h2-6H,1H3,(H,15,17)(H,18,19). The number of hydrogen-bond acceptors (Lipinski definition) is 3. The van der Waals surface area contributed by atoms with Gasteiger partial charge in [0.05, 0.1) is 28.8 Å². The van der Waals surface area contributed by atoms with E-state index >= 15 is 0 Å². The van der Waals surface area contributed by atoms with Crippen LogP contribution in [0.3, 0.4) is 0 Å². The molecule has 0 aliphatic carbocycles. The number of rotatable bonds is 3. The smallest absolute Gasteiger partial charge is 0.337 e. The maximum Gasteiger partial charge on any atom is 0.337 e. The summed E-state index contributed by atoms with van der Waals surface area (Å²) in [7, 11) is 1.66. The Hall–Kier alpha value is -2.34. The van der Waals surface area contributed by atoms with Crippen molar-refractivity contribution in [2.75, 3.05) is 5.32 Å². The van der Waals surface area contributed by atoms with Crippen molar-refractivity contribution in [3.05, 3.63) is 47.0 Å². The number of nitrogens with zero attached hydrogens (tertiary/aromatic N) is 2. The molecule has 0 aliphatic rings. The summed E-state index contributed by atoms with van der Waals surface area (Å²) >= 11 is 5.92. The van der Waals surface area contributed by atoms with Crippen LogP contribution < -0.4 is 5.32 Å². The van der Waals surface area contributed by atoms with Gasteiger partial charge in [-0.25, -0.2) is 9.78 Å². The fourth-order valence-electron chi connectivity index (χ4n) is 1.58. The van der Waals surface area contributed by atoms with Gasteiger partial charge in [-0.15, -0.1) is 0 Å². The van der Waals surface area contributed by atoms with Crippen LogP contribution in [0.4, 0.5) is 5.69 Å². The van der Waals surface area contributed by atoms with Gasteiger partial charge in [0.25, 0.3) is 5.91 Å². The lowest BCUT2D eigenvalue weighted by Gasteiger charge is -2.10. The number of benzene rings is 1. The molecule has 2 rings (SSSR count). The molecule has 98 valence electrons. The average molecular weight is 280 g/mol. The first-order valence-electron chi connectivity index (χ1n) is 5.30. The molecule has 1 aromatic carbocycles. The molecule has 1 heterocycles. The van der Waals surface area contributed by atoms with Gasteiger partial charge in [-0.3, -0.25) is 4.79 Å². The third-order valence-corrected chi connectivity index (χ3v) is 2.85. The Morgan fingerprint density at radius 2 is 2.16 bits per heavy atom. The molecular formula is C12H10ClN3O3. The van der Waals surface area contributed by atoms with E-state index in [0.29, 0.717) is 5.69 Å². The third kappa shape index (κ3) is 2.58. The molecule has 0 saturated heterocycles. The Balaban J connectivity index is 2.36. The number of imidazole rings is 1. The highest BCUT2D eigenvalue weighted by atomic mass is 35.5. The Labute approximate surface area is 113 Å². The molecule has 0 aliphatic heterocycles. The number of amides is 1. The number of carboxylic acid groups (broad SMARTS) is 1. The van der Waals surface area contributed by atoms with E-state index in [1.807, 2.05) is 0 Å². The average Bonchev–Trinajstić information content (AvgIpc) is 2.77. The van der Waals surface area contributed by atoms with Gasteiger partial charge in [-0.1, -0.05) is 17.7 Å². The zero-order valence-electron chi connectivity index (χ0n) is 9.92. The molecule has 6 nitrogen and oxygen atoms in total. The van der Waals surface area contributed by atoms with E-state index in [9.17, 15) is 9.59 Å². The minimum Gasteiger partial charge on any atom is -0.478 e. The number of halogens is 1. The van der Waals surface area contributed by atoms with E-state index < -0.39 is 11.9 Å². The number of aromatic carboxylic acids is 1. The minimum absolute atomic E-state index is 0.0666. The molecule has 2 aromatic rings. The highest BCUT2D eigenvalue weighted by molar-refractivity contribution is 6.34. The fraction of sp³-hybridized carbons (Fsp3) is 0.0833. The number of carboxylic acids is 1. The van der Waals surface area contributed by atoms with E-state index in [1.165, 1.54) is 35.3 Å². The molecule has 0 atom stereocenters. The summed E-state index contributed by atoms with van der Waals surface area (Å²) < 4.78 is 1.52. The van der Waals surface area contributed by atoms with Crippen LogP contribution >= 0.6 is 11.6 Å². The number of aromatic nitrogens is 2. The highest BCUT2D eigenvalue weighted by Gasteiger charge is 2.17. The quantitative estimate of drug-likeness (QED) is 0.900. The Morgan fingerprint density at radius 1 is 1.42 bits per heavy atom. The normalized spacial score (nSPS) is 10.2. The van der Waals surface area contributed by atoms with Crippen molar-refractivity contribution < 1.29 is 14.7 Å². The number of hydrogen-bond donors (Lipinski definition) is 2. The van der Waals surface area contributed by atoms with Crippen LogP contribution in [0.1, 0.15) is 20.8 Å². The second-order valence-electron chi connectivity index (χ2n) is 3.81. The van der Waals surface area contributed by atoms with Gasteiger partial charge in [-0.05, 0) is 12.1 Å². The zero-order chi connectivity index (χ0) is 14.0. The Bertz CT molecular complexity index is 651. The number of para-hydroxylation sites is 1. The van der Waals surface area contributed by atoms with Crippen molar-refractivity contribution in [3.8, 4) is 0 Å². The Morgan fingerprint density at radius 3 is 2.74 bits per heavy atom. The van der Waals surface area contributed by atoms with Crippen LogP contribution in [0.25, 0.3) is 0 Å². The van der Waals surface area contributed by atoms with E-state index in [4.69, 9.17) is 16.7 Å². The zero-order valence-corrected chi connectivity index (χ0v) is 10.7. The van der Waals surface area contributed by atoms with E-state index in [0.717, 1.165) is 0 Å². The molecule has 0 radical (unpaired) electrons. The van der Waals surface area contributed by atoms with Gasteiger partial charge in [0.1, 0.15) is 5.69 Å². The number of carbonyl (C=O) groups is 2. The SMILES string of the molecule is Cn1cncc1C(=O)Nc1c(Cl)cccc1C(=O)O. The monoisotopic (exact) mass is 279 g/mol. The van der Waals surface area contributed by atoms with Crippen LogP contribution in [-0.4, -0.2) is 26.5 Å². The van der Waals surface area contributed by atoms with Gasteiger partial charge < -0.3 is 15.0 Å². The van der Waals surface area contributed by atoms with Crippen molar-refractivity contribution >= 4 is 29.2 Å². The van der Waals surface area contributed by atoms with Crippen LogP contribution in [-0.2, 0) is 7.05 Å². The molecule has 7 heteroatoms. The van der Waals surface area contributed by atoms with Gasteiger partial charge in [0, 0.05) is 7.05 Å². The molecule has 1 aromatic heterocycles. The molecular weight excluding hydrogens is 270 g/mol. The molecule has 2 N–H and O–H groups in total. The summed E-state index contributed by atoms with van der Waals surface area (Å²) in [5.41, 5.74) is 0.308. The van der Waals surface area contributed by atoms with Gasteiger partial charge in [-0.2, -0.15) is 0 Å². The van der Waals surface area contributed by atoms with Crippen molar-refractivity contribution in [3.63, 3.8) is 0 Å². The van der Waals surface area contributed by atoms with Crippen LogP contribution in [0, 0.1) is 0 Å². The van der Waals surface area contributed by atoms with E-state index in [1.54, 1.807) is 7.05 Å². The van der Waals surface area contributed by atoms with Gasteiger partial charge in [0.15, 0.2) is 0 Å². The third-order valence-electron chi connectivity index (χ3n) is 2.53. The molecule has 0 spiro atoms. The molecule has 0 fully saturated rings. The summed E-state index contributed by atoms with van der Waals surface area (Å²) in [6, 6.07) is 4.38. The molecule has 0 unspecified atom stereocenters. The number of nitrogens with one attached hydrogen (secondary N) is 1. The first-order chi connectivity index (χ1) is 9.00. The molecule has 0 saturated carbocycles. The van der Waals surface area contributed by atoms with Crippen LogP contribution in [0.2, 0.25) is 5.02 Å². The largest absolute Gasteiger partial charge is 0.478 e. The predicted octanol–water partition coefficient (Wildman–Crippen LogP) is 2.02. The minimum atomic E-state index is -1.16. The highest BCUT2D eigenvalue weighted by Crippen LogP contribution is 2.26. The second kappa shape index (κ2) is 5.11. The number of carbonyl (C=O) groups excluding carboxylic acids is 1. The predicted molar refractivity (Wildman–Crippen MR) is 69.6 cm³/mol. The number of aryl methyl sites for hydroxylation is 1. The lowest BCUT2D eigenvalue weighted by molar-refractivity contribution is 0.0698. The van der Waals surface area contributed by atoms with E-state index in [-0.39, 0.29) is 16.3 Å². The summed E-state index contributed by atoms with van der Waals surface area (Å²) in [5.74, 6) is -1.64. The summed E-state index contributed by atoms with van der Waals surface area (Å²) in [6.07, 6.45) is 2.85. The second-order valence-corrected chi connectivity index (χ2v) is 4.22. The summed E-state index contributed by atoms with van der Waals surface area (Å²) in [4.78, 5) is 26.9. The first-order valence-corrected chi connectivity index (χ1v) is 5.68. The topological polar surface area (TPSA) is 84.2 Å². The summed E-state index contributed by atoms with van der Waals surface area (Å²) in [5, 5.41) is 11.7. The van der Waals surface area contributed by atoms with Crippen molar-refractivity contribution in [2.24, 2.45) is 7.05 Å². The lowest BCUT2D eigenvalue weighted by atomic mass is 10.1. The van der Waals surface area contributed by atoms with Crippen LogP contribution in [0.5, 0.6) is 0 Å². The fourth-order valence-corrected chi connectivity index (χ4v) is 1.80. The van der Waals surface area contributed by atoms with Gasteiger partial charge in [0.2, 0.25) is 0 Å². The maximum absolute atomic E-state index is 12.0. The molecule has 1 amide bonds. The molecule has 0 bridgehead atoms. The number of anilines is 1. The Kier molecular flexibility index (Phi) is 3.52. The van der Waals surface area contributed by atoms with Gasteiger partial charge >= 0.3 is 5.97 Å². The van der Waals surface area contributed by atoms with Crippen molar-refractivity contribution in [2.45, 2.75) is 0 Å². The van der Waals surface area contributed by atoms with Crippen molar-refractivity contribution in [1.29, 1.82) is 0 Å². The summed E-state index contributed by atoms with van der Waals surface area (Å²) in [6.45, 7) is 0. The lowest BCUT2D eigenvalue weighted by Crippen LogP contribution is -2.17. The maximum atomic E-state index is 12.0. The van der Waals surface area contributed by atoms with Crippen LogP contribution in [0.15, 0.2) is 30.7 Å². The van der Waals surface area contributed by atoms with Crippen molar-refractivity contribution in [1.82, 2.24) is 9.55 Å². The molecule has 19 heavy (non-hydrogen) atoms. The first kappa shape index (κ1) is 13.1. The van der Waals surface area contributed by atoms with E-state index in [2.05, 4.69) is 10.3 Å².